The van der Waals surface area contributed by atoms with Crippen molar-refractivity contribution >= 4 is 52.2 Å². The zero-order valence-corrected chi connectivity index (χ0v) is 63.8. The molecule has 15 rings (SSSR count). The molecular formula is C81H95ClF6N12O6S2. The minimum atomic E-state index is -1.23. The SMILES string of the molecule is C.CC(C)(C)[S@@](=O)N[C@@H]1c2ccccc2CC12CCNCC2.Cc1cc(C(=O)N2CCC3(CC2)Cc2ccccc2[C@H]3N)nn1-c1ccc(F)cc1F.Cc1cc(C(=O)N2CCC3(CC2)Cc2ccccc2[C@H]3N[S@](=O)C(C)(C)C)nn1-c1ccc(F)cc1F.Cc1cc(C(=O)O)nn1-c1ccc(F)cc1F.Cl. The lowest BCUT2D eigenvalue weighted by Gasteiger charge is -2.43. The van der Waals surface area contributed by atoms with Gasteiger partial charge in [0.05, 0.1) is 43.5 Å². The molecule has 5 atom stereocenters. The zero-order valence-electron chi connectivity index (χ0n) is 61.3. The van der Waals surface area contributed by atoms with Crippen molar-refractivity contribution in [1.82, 2.24) is 53.9 Å². The molecule has 0 bridgehead atoms. The standard InChI is InChI=1S/C28H32F2N4O2S.C24H24F2N4O.C17H26N2OS.C11H8F2N2O2.CH4.ClH/c1-18-15-23(31-34(18)24-10-9-20(29)16-22(24)30)26(35)33-13-11-28(12-14-33)17-19-7-5-6-8-21(19)25(28)32-37(36)27(2,3)4;1-15-12-20(28-30(15)21-7-6-17(25)13-19(21)26)23(31)29-10-8-24(9-11-29)14-16-4-2-3-5-18(16)22(24)27;1-16(2,3)21(20)19-15-14-7-5-4-6-13(14)12-17(15)8-10-18-11-9-17;1-6-4-9(11(16)17)14-15(6)10-3-2-7(12)5-8(10)13;;/h5-10,15-16,25,32H,11-14,17H2,1-4H3;2-7,12-13,22H,8-11,14,27H2,1H3;4-7,15,18-19H,8-12H2,1-3H3;2-5H,1H3,(H,16,17);1H4;1H/t25-,37-;22-;15-,21-;;;/m111.../s1. The largest absolute Gasteiger partial charge is 0.476 e. The molecule has 9 aromatic rings. The number of carboxylic acid groups (broad SMARTS) is 1. The molecule has 27 heteroatoms. The number of aromatic carboxylic acids is 1. The summed E-state index contributed by atoms with van der Waals surface area (Å²) >= 11 is 0. The Kier molecular flexibility index (Phi) is 24.9. The molecule has 3 aliphatic carbocycles. The van der Waals surface area contributed by atoms with Gasteiger partial charge >= 0.3 is 5.97 Å². The lowest BCUT2D eigenvalue weighted by molar-refractivity contribution is 0.0519. The minimum Gasteiger partial charge on any atom is -0.476 e. The van der Waals surface area contributed by atoms with Crippen LogP contribution in [0.2, 0.25) is 0 Å². The van der Waals surface area contributed by atoms with Gasteiger partial charge in [0.15, 0.2) is 34.5 Å². The highest BCUT2D eigenvalue weighted by molar-refractivity contribution is 7.84. The van der Waals surface area contributed by atoms with Crippen molar-refractivity contribution in [3.8, 4) is 17.1 Å². The molecule has 6 aliphatic rings. The molecule has 3 aromatic heterocycles. The Morgan fingerprint density at radius 1 is 0.481 bits per heavy atom. The molecule has 3 spiro atoms. The highest BCUT2D eigenvalue weighted by Crippen LogP contribution is 2.54. The first kappa shape index (κ1) is 81.9. The van der Waals surface area contributed by atoms with Crippen molar-refractivity contribution in [3.05, 3.63) is 248 Å². The Labute approximate surface area is 638 Å². The fourth-order valence-corrected chi connectivity index (χ4v) is 17.6. The summed E-state index contributed by atoms with van der Waals surface area (Å²) in [5, 5.41) is 24.6. The van der Waals surface area contributed by atoms with E-state index in [1.165, 1.54) is 79.1 Å². The first-order valence-corrected chi connectivity index (χ1v) is 38.0. The molecule has 3 fully saturated rings. The maximum atomic E-state index is 14.3. The topological polar surface area (TPSA) is 228 Å². The first-order valence-electron chi connectivity index (χ1n) is 35.7. The fraction of sp³-hybridized carbons (Fsp3) is 0.407. The van der Waals surface area contributed by atoms with Crippen LogP contribution in [0.3, 0.4) is 0 Å². The van der Waals surface area contributed by atoms with Crippen LogP contribution in [0.4, 0.5) is 26.3 Å². The van der Waals surface area contributed by atoms with Crippen molar-refractivity contribution < 1.29 is 54.3 Å². The highest BCUT2D eigenvalue weighted by atomic mass is 35.5. The van der Waals surface area contributed by atoms with Gasteiger partial charge in [-0.3, -0.25) is 9.59 Å². The van der Waals surface area contributed by atoms with E-state index in [4.69, 9.17) is 10.8 Å². The van der Waals surface area contributed by atoms with Gasteiger partial charge in [0, 0.05) is 67.5 Å². The van der Waals surface area contributed by atoms with E-state index in [9.17, 15) is 49.1 Å². The second-order valence-corrected chi connectivity index (χ2v) is 34.7. The lowest BCUT2D eigenvalue weighted by Crippen LogP contribution is -2.49. The Bertz CT molecular complexity index is 4840. The summed E-state index contributed by atoms with van der Waals surface area (Å²) in [5.74, 6) is -5.87. The summed E-state index contributed by atoms with van der Waals surface area (Å²) < 4.78 is 117. The molecule has 6 aromatic carbocycles. The average Bonchev–Trinajstić information content (AvgIpc) is 1.61. The molecule has 108 heavy (non-hydrogen) atoms. The summed E-state index contributed by atoms with van der Waals surface area (Å²) in [7, 11) is -2.26. The molecule has 6 N–H and O–H groups in total. The number of nitrogens with zero attached hydrogens (tertiary/aromatic N) is 8. The molecule has 0 radical (unpaired) electrons. The predicted octanol–water partition coefficient (Wildman–Crippen LogP) is 14.9. The van der Waals surface area contributed by atoms with Gasteiger partial charge in [-0.25, -0.2) is 63.0 Å². The summed E-state index contributed by atoms with van der Waals surface area (Å²) in [4.78, 5) is 40.8. The summed E-state index contributed by atoms with van der Waals surface area (Å²) in [6, 6.07) is 39.7. The lowest BCUT2D eigenvalue weighted by atomic mass is 9.73. The maximum absolute atomic E-state index is 14.3. The Hall–Kier alpha value is -8.63. The van der Waals surface area contributed by atoms with E-state index < -0.39 is 67.6 Å². The van der Waals surface area contributed by atoms with E-state index in [1.807, 2.05) is 65.8 Å². The normalized spacial score (nSPS) is 19.1. The van der Waals surface area contributed by atoms with E-state index >= 15 is 0 Å². The van der Waals surface area contributed by atoms with Crippen LogP contribution < -0.4 is 20.5 Å². The van der Waals surface area contributed by atoms with E-state index in [-0.39, 0.29) is 105 Å². The van der Waals surface area contributed by atoms with Crippen molar-refractivity contribution in [2.24, 2.45) is 22.0 Å². The number of aromatic nitrogens is 6. The number of nitrogens with one attached hydrogen (secondary N) is 3. The fourth-order valence-electron chi connectivity index (χ4n) is 15.7. The molecule has 0 unspecified atom stereocenters. The second-order valence-electron chi connectivity index (χ2n) is 30.7. The first-order chi connectivity index (χ1) is 50.3. The number of nitrogens with two attached hydrogens (primary N) is 1. The molecular weight excluding hydrogens is 1450 g/mol. The van der Waals surface area contributed by atoms with Crippen LogP contribution in [0.25, 0.3) is 17.1 Å². The third-order valence-electron chi connectivity index (χ3n) is 21.6. The van der Waals surface area contributed by atoms with Crippen LogP contribution in [0, 0.1) is 71.9 Å². The molecule has 576 valence electrons. The Morgan fingerprint density at radius 3 is 1.14 bits per heavy atom. The van der Waals surface area contributed by atoms with Crippen molar-refractivity contribution in [3.63, 3.8) is 0 Å². The van der Waals surface area contributed by atoms with Gasteiger partial charge in [-0.05, 0) is 237 Å². The van der Waals surface area contributed by atoms with Gasteiger partial charge in [-0.15, -0.1) is 12.4 Å². The van der Waals surface area contributed by atoms with Crippen molar-refractivity contribution in [1.29, 1.82) is 0 Å². The zero-order chi connectivity index (χ0) is 75.9. The maximum Gasteiger partial charge on any atom is 0.356 e. The van der Waals surface area contributed by atoms with Gasteiger partial charge < -0.3 is 26.0 Å². The van der Waals surface area contributed by atoms with Gasteiger partial charge in [0.25, 0.3) is 11.8 Å². The van der Waals surface area contributed by atoms with Crippen LogP contribution in [0.15, 0.2) is 146 Å². The molecule has 6 heterocycles. The Morgan fingerprint density at radius 2 is 0.796 bits per heavy atom. The van der Waals surface area contributed by atoms with Gasteiger partial charge in [-0.2, -0.15) is 15.3 Å². The van der Waals surface area contributed by atoms with Gasteiger partial charge in [0.1, 0.15) is 34.5 Å². The smallest absolute Gasteiger partial charge is 0.356 e. The molecule has 2 amide bonds. The average molecular weight is 1550 g/mol. The van der Waals surface area contributed by atoms with Gasteiger partial charge in [0.2, 0.25) is 0 Å². The third kappa shape index (κ3) is 17.0. The van der Waals surface area contributed by atoms with E-state index in [1.54, 1.807) is 42.7 Å². The molecule has 3 aliphatic heterocycles. The highest BCUT2D eigenvalue weighted by Gasteiger charge is 2.51. The molecule has 0 saturated carbocycles. The van der Waals surface area contributed by atoms with Crippen LogP contribution in [0.5, 0.6) is 0 Å². The molecule has 18 nitrogen and oxygen atoms in total. The minimum absolute atomic E-state index is 0. The number of hydrogen-bond donors (Lipinski definition) is 5. The number of carboxylic acids is 1. The van der Waals surface area contributed by atoms with E-state index in [0.717, 1.165) is 99.8 Å². The van der Waals surface area contributed by atoms with E-state index in [0.29, 0.717) is 43.3 Å². The summed E-state index contributed by atoms with van der Waals surface area (Å²) in [6.45, 7) is 21.5. The van der Waals surface area contributed by atoms with Crippen LogP contribution >= 0.6 is 12.4 Å². The van der Waals surface area contributed by atoms with Crippen LogP contribution in [-0.2, 0) is 41.2 Å². The third-order valence-corrected chi connectivity index (χ3v) is 24.7. The number of likely N-dealkylation sites (tertiary alicyclic amines) is 2. The summed E-state index contributed by atoms with van der Waals surface area (Å²) in [6.07, 6.45) is 8.44. The van der Waals surface area contributed by atoms with Crippen molar-refractivity contribution in [2.45, 2.75) is 155 Å². The number of carbonyl (C=O) groups is 3. The number of fused-ring (bicyclic) bond motifs is 3. The number of benzene rings is 6. The number of halogens is 7. The quantitative estimate of drug-likeness (QED) is 0.0809. The second kappa shape index (κ2) is 32.9. The van der Waals surface area contributed by atoms with E-state index in [2.05, 4.69) is 78.6 Å². The number of carbonyl (C=O) groups excluding carboxylic acids is 2. The number of piperidine rings is 3. The van der Waals surface area contributed by atoms with Crippen LogP contribution in [0.1, 0.15) is 188 Å². The number of hydrogen-bond acceptors (Lipinski definition) is 10. The molecule has 3 saturated heterocycles. The Balaban J connectivity index is 0.000000159. The monoisotopic (exact) mass is 1540 g/mol. The van der Waals surface area contributed by atoms with Gasteiger partial charge in [-0.1, -0.05) is 80.2 Å². The number of amides is 2. The number of aryl methyl sites for hydroxylation is 3. The number of rotatable bonds is 10. The van der Waals surface area contributed by atoms with Crippen LogP contribution in [-0.4, -0.2) is 119 Å². The predicted molar refractivity (Wildman–Crippen MR) is 410 cm³/mol. The summed E-state index contributed by atoms with van der Waals surface area (Å²) in [5.41, 5.74) is 16.7. The van der Waals surface area contributed by atoms with Crippen molar-refractivity contribution in [2.75, 3.05) is 39.3 Å².